The van der Waals surface area contributed by atoms with Crippen LogP contribution in [0.2, 0.25) is 0 Å². The Morgan fingerprint density at radius 3 is 2.67 bits per heavy atom. The fourth-order valence-corrected chi connectivity index (χ4v) is 2.87. The van der Waals surface area contributed by atoms with E-state index in [0.29, 0.717) is 13.1 Å². The van der Waals surface area contributed by atoms with E-state index >= 15 is 0 Å². The Labute approximate surface area is 92.2 Å². The highest BCUT2D eigenvalue weighted by Gasteiger charge is 2.36. The quantitative estimate of drug-likeness (QED) is 0.712. The summed E-state index contributed by atoms with van der Waals surface area (Å²) in [6.07, 6.45) is 1.02. The van der Waals surface area contributed by atoms with Crippen LogP contribution >= 0.6 is 11.8 Å². The van der Waals surface area contributed by atoms with Crippen molar-refractivity contribution in [3.8, 4) is 0 Å². The molecule has 84 valence electrons. The molecule has 2 aliphatic heterocycles. The van der Waals surface area contributed by atoms with Crippen molar-refractivity contribution in [1.29, 1.82) is 0 Å². The van der Waals surface area contributed by atoms with Crippen molar-refractivity contribution < 1.29 is 14.7 Å². The Morgan fingerprint density at radius 1 is 1.40 bits per heavy atom. The van der Waals surface area contributed by atoms with E-state index in [-0.39, 0.29) is 18.0 Å². The molecule has 1 unspecified atom stereocenters. The van der Waals surface area contributed by atoms with Gasteiger partial charge in [0.25, 0.3) is 0 Å². The van der Waals surface area contributed by atoms with E-state index in [0.717, 1.165) is 17.9 Å². The number of hydrogen-bond acceptors (Lipinski definition) is 3. The molecule has 2 N–H and O–H groups in total. The lowest BCUT2D eigenvalue weighted by molar-refractivity contribution is -0.146. The van der Waals surface area contributed by atoms with Gasteiger partial charge in [0.1, 0.15) is 0 Å². The highest BCUT2D eigenvalue weighted by atomic mass is 32.2. The minimum absolute atomic E-state index is 0.111. The van der Waals surface area contributed by atoms with Gasteiger partial charge in [-0.15, -0.1) is 0 Å². The van der Waals surface area contributed by atoms with E-state index in [2.05, 4.69) is 5.32 Å². The molecule has 2 fully saturated rings. The zero-order valence-electron chi connectivity index (χ0n) is 8.31. The number of carbonyl (C=O) groups excluding carboxylic acids is 1. The number of hydrogen-bond donors (Lipinski definition) is 2. The Kier molecular flexibility index (Phi) is 3.04. The Hall–Kier alpha value is -0.910. The van der Waals surface area contributed by atoms with E-state index in [1.54, 1.807) is 4.90 Å². The van der Waals surface area contributed by atoms with Gasteiger partial charge in [-0.3, -0.25) is 4.79 Å². The summed E-state index contributed by atoms with van der Waals surface area (Å²) in [5.41, 5.74) is 0. The third-order valence-corrected chi connectivity index (χ3v) is 3.94. The number of urea groups is 1. The first-order valence-electron chi connectivity index (χ1n) is 5.03. The average molecular weight is 230 g/mol. The van der Waals surface area contributed by atoms with Gasteiger partial charge in [-0.1, -0.05) is 0 Å². The van der Waals surface area contributed by atoms with Gasteiger partial charge < -0.3 is 15.3 Å². The molecule has 5 nitrogen and oxygen atoms in total. The average Bonchev–Trinajstić information content (AvgIpc) is 2.52. The predicted octanol–water partition coefficient (Wildman–Crippen LogP) is 0.218. The second kappa shape index (κ2) is 4.30. The maximum atomic E-state index is 11.6. The van der Waals surface area contributed by atoms with Crippen LogP contribution in [0.1, 0.15) is 6.42 Å². The second-order valence-electron chi connectivity index (χ2n) is 3.95. The molecule has 0 bridgehead atoms. The molecule has 15 heavy (non-hydrogen) atoms. The number of aliphatic carboxylic acids is 1. The summed E-state index contributed by atoms with van der Waals surface area (Å²) in [6, 6.07) is 0.159. The van der Waals surface area contributed by atoms with Gasteiger partial charge in [-0.2, -0.15) is 11.8 Å². The van der Waals surface area contributed by atoms with E-state index in [4.69, 9.17) is 5.11 Å². The van der Waals surface area contributed by atoms with Crippen molar-refractivity contribution in [2.75, 3.05) is 24.6 Å². The topological polar surface area (TPSA) is 69.6 Å². The van der Waals surface area contributed by atoms with Crippen molar-refractivity contribution in [2.45, 2.75) is 12.5 Å². The van der Waals surface area contributed by atoms with Crippen LogP contribution in [0.25, 0.3) is 0 Å². The molecule has 6 heteroatoms. The molecule has 0 aliphatic carbocycles. The molecule has 2 amide bonds. The first-order valence-corrected chi connectivity index (χ1v) is 6.18. The van der Waals surface area contributed by atoms with Crippen LogP contribution in [0.4, 0.5) is 4.79 Å². The number of nitrogens with zero attached hydrogens (tertiary/aromatic N) is 1. The molecular weight excluding hydrogens is 216 g/mol. The molecule has 2 rings (SSSR count). The van der Waals surface area contributed by atoms with E-state index < -0.39 is 5.97 Å². The largest absolute Gasteiger partial charge is 0.481 e. The van der Waals surface area contributed by atoms with E-state index in [1.165, 1.54) is 0 Å². The molecule has 2 heterocycles. The number of carboxylic acid groups (broad SMARTS) is 1. The molecule has 0 aromatic carbocycles. The second-order valence-corrected chi connectivity index (χ2v) is 5.10. The predicted molar refractivity (Wildman–Crippen MR) is 57.0 cm³/mol. The molecule has 0 aromatic heterocycles. The zero-order valence-corrected chi connectivity index (χ0v) is 9.13. The first-order chi connectivity index (χ1) is 7.16. The minimum atomic E-state index is -0.810. The lowest BCUT2D eigenvalue weighted by Crippen LogP contribution is -2.57. The monoisotopic (exact) mass is 230 g/mol. The normalized spacial score (nSPS) is 26.1. The van der Waals surface area contributed by atoms with Crippen LogP contribution in [0, 0.1) is 5.92 Å². The third kappa shape index (κ3) is 2.37. The Bertz CT molecular complexity index is 273. The number of rotatable bonds is 2. The van der Waals surface area contributed by atoms with Crippen molar-refractivity contribution in [2.24, 2.45) is 5.92 Å². The maximum absolute atomic E-state index is 11.6. The van der Waals surface area contributed by atoms with Crippen molar-refractivity contribution in [1.82, 2.24) is 10.2 Å². The molecule has 0 radical (unpaired) electrons. The molecule has 0 aromatic rings. The van der Waals surface area contributed by atoms with Gasteiger partial charge in [-0.05, 0) is 12.2 Å². The number of carboxylic acids is 1. The van der Waals surface area contributed by atoms with Crippen LogP contribution in [0.5, 0.6) is 0 Å². The Morgan fingerprint density at radius 2 is 2.13 bits per heavy atom. The number of carbonyl (C=O) groups is 2. The fourth-order valence-electron chi connectivity index (χ4n) is 1.71. The summed E-state index contributed by atoms with van der Waals surface area (Å²) in [4.78, 5) is 23.7. The number of amides is 2. The van der Waals surface area contributed by atoms with Gasteiger partial charge in [0.2, 0.25) is 0 Å². The summed E-state index contributed by atoms with van der Waals surface area (Å²) in [7, 11) is 0. The zero-order chi connectivity index (χ0) is 10.8. The first kappa shape index (κ1) is 10.6. The van der Waals surface area contributed by atoms with Crippen LogP contribution in [-0.2, 0) is 4.79 Å². The summed E-state index contributed by atoms with van der Waals surface area (Å²) < 4.78 is 0. The van der Waals surface area contributed by atoms with E-state index in [9.17, 15) is 9.59 Å². The van der Waals surface area contributed by atoms with Crippen molar-refractivity contribution in [3.63, 3.8) is 0 Å². The van der Waals surface area contributed by atoms with Crippen LogP contribution < -0.4 is 5.32 Å². The highest BCUT2D eigenvalue weighted by Crippen LogP contribution is 2.19. The molecule has 2 aliphatic rings. The SMILES string of the molecule is O=C(O)C1CN(C(=O)NC2CCSC2)C1. The number of likely N-dealkylation sites (tertiary alicyclic amines) is 1. The molecule has 0 saturated carbocycles. The van der Waals surface area contributed by atoms with Gasteiger partial charge in [0, 0.05) is 24.9 Å². The lowest BCUT2D eigenvalue weighted by atomic mass is 10.0. The van der Waals surface area contributed by atoms with Crippen LogP contribution in [0.3, 0.4) is 0 Å². The smallest absolute Gasteiger partial charge is 0.317 e. The summed E-state index contributed by atoms with van der Waals surface area (Å²) in [6.45, 7) is 0.696. The summed E-state index contributed by atoms with van der Waals surface area (Å²) in [5.74, 6) is 0.897. The molecule has 2 saturated heterocycles. The standard InChI is InChI=1S/C9H14N2O3S/c12-8(13)6-3-11(4-6)9(14)10-7-1-2-15-5-7/h6-7H,1-5H2,(H,10,14)(H,12,13). The molecule has 1 atom stereocenters. The third-order valence-electron chi connectivity index (χ3n) is 2.78. The number of thioether (sulfide) groups is 1. The summed E-state index contributed by atoms with van der Waals surface area (Å²) in [5, 5.41) is 11.6. The maximum Gasteiger partial charge on any atom is 0.317 e. The van der Waals surface area contributed by atoms with Crippen molar-refractivity contribution in [3.05, 3.63) is 0 Å². The van der Waals surface area contributed by atoms with Gasteiger partial charge in [0.15, 0.2) is 0 Å². The summed E-state index contributed by atoms with van der Waals surface area (Å²) >= 11 is 1.84. The van der Waals surface area contributed by atoms with E-state index in [1.807, 2.05) is 11.8 Å². The number of nitrogens with one attached hydrogen (secondary N) is 1. The fraction of sp³-hybridized carbons (Fsp3) is 0.778. The molecular formula is C9H14N2O3S. The van der Waals surface area contributed by atoms with Gasteiger partial charge >= 0.3 is 12.0 Å². The van der Waals surface area contributed by atoms with Gasteiger partial charge in [0.05, 0.1) is 5.92 Å². The lowest BCUT2D eigenvalue weighted by Gasteiger charge is -2.37. The molecule has 0 spiro atoms. The Balaban J connectivity index is 1.71. The van der Waals surface area contributed by atoms with Crippen LogP contribution in [-0.4, -0.2) is 52.6 Å². The van der Waals surface area contributed by atoms with Gasteiger partial charge in [-0.25, -0.2) is 4.79 Å². The van der Waals surface area contributed by atoms with Crippen molar-refractivity contribution >= 4 is 23.8 Å². The highest BCUT2D eigenvalue weighted by molar-refractivity contribution is 7.99. The minimum Gasteiger partial charge on any atom is -0.481 e. The van der Waals surface area contributed by atoms with Crippen LogP contribution in [0.15, 0.2) is 0 Å².